The lowest BCUT2D eigenvalue weighted by Crippen LogP contribution is -2.58. The van der Waals surface area contributed by atoms with Crippen LogP contribution in [-0.2, 0) is 16.8 Å². The zero-order valence-corrected chi connectivity index (χ0v) is 19.1. The molecule has 31 heavy (non-hydrogen) atoms. The normalized spacial score (nSPS) is 28.3. The molecule has 4 aliphatic rings. The summed E-state index contributed by atoms with van der Waals surface area (Å²) in [5.74, 6) is 1.14. The SMILES string of the molecule is CC(C)(C)c1ccc(-c2cn(C[C@H]3C[C@H]4CCN3C[C@@H]4C(=O)N3CCCC3)nn2)cc1. The lowest BCUT2D eigenvalue weighted by molar-refractivity contribution is -0.142. The zero-order valence-electron chi connectivity index (χ0n) is 19.1. The van der Waals surface area contributed by atoms with Crippen LogP contribution in [0.15, 0.2) is 30.5 Å². The first-order valence-electron chi connectivity index (χ1n) is 11.9. The molecule has 2 bridgehead atoms. The molecule has 6 nitrogen and oxygen atoms in total. The summed E-state index contributed by atoms with van der Waals surface area (Å²) >= 11 is 0. The Kier molecular flexibility index (Phi) is 5.37. The molecule has 1 aromatic heterocycles. The number of piperidine rings is 3. The summed E-state index contributed by atoms with van der Waals surface area (Å²) in [6.45, 7) is 11.5. The van der Waals surface area contributed by atoms with E-state index in [2.05, 4.69) is 71.3 Å². The van der Waals surface area contributed by atoms with E-state index in [-0.39, 0.29) is 11.3 Å². The minimum absolute atomic E-state index is 0.152. The second-order valence-corrected chi connectivity index (χ2v) is 10.7. The van der Waals surface area contributed by atoms with Crippen LogP contribution in [0.3, 0.4) is 0 Å². The fourth-order valence-corrected chi connectivity index (χ4v) is 5.66. The molecule has 1 unspecified atom stereocenters. The molecule has 0 saturated carbocycles. The monoisotopic (exact) mass is 421 g/mol. The van der Waals surface area contributed by atoms with E-state index in [1.54, 1.807) is 0 Å². The molecule has 0 spiro atoms. The summed E-state index contributed by atoms with van der Waals surface area (Å²) in [5.41, 5.74) is 3.52. The van der Waals surface area contributed by atoms with Crippen LogP contribution in [0.2, 0.25) is 0 Å². The van der Waals surface area contributed by atoms with Crippen molar-refractivity contribution in [3.63, 3.8) is 0 Å². The molecular formula is C25H35N5O. The number of rotatable bonds is 4. The molecule has 2 aromatic rings. The van der Waals surface area contributed by atoms with Crippen LogP contribution in [0.25, 0.3) is 11.3 Å². The Labute approximate surface area is 185 Å². The largest absolute Gasteiger partial charge is 0.342 e. The molecule has 4 atom stereocenters. The van der Waals surface area contributed by atoms with Gasteiger partial charge in [0, 0.05) is 31.2 Å². The van der Waals surface area contributed by atoms with Crippen LogP contribution in [0.5, 0.6) is 0 Å². The van der Waals surface area contributed by atoms with Gasteiger partial charge in [0.05, 0.1) is 18.7 Å². The summed E-state index contributed by atoms with van der Waals surface area (Å²) in [5, 5.41) is 8.86. The van der Waals surface area contributed by atoms with Crippen LogP contribution in [0.1, 0.15) is 52.0 Å². The topological polar surface area (TPSA) is 54.3 Å². The van der Waals surface area contributed by atoms with Gasteiger partial charge in [-0.15, -0.1) is 5.10 Å². The van der Waals surface area contributed by atoms with Crippen molar-refractivity contribution in [3.05, 3.63) is 36.0 Å². The minimum Gasteiger partial charge on any atom is -0.342 e. The molecule has 4 aliphatic heterocycles. The second-order valence-electron chi connectivity index (χ2n) is 10.7. The molecule has 6 rings (SSSR count). The van der Waals surface area contributed by atoms with Gasteiger partial charge in [-0.3, -0.25) is 14.4 Å². The molecule has 4 fully saturated rings. The van der Waals surface area contributed by atoms with Crippen molar-refractivity contribution in [2.24, 2.45) is 11.8 Å². The number of amides is 1. The van der Waals surface area contributed by atoms with Gasteiger partial charge in [0.25, 0.3) is 0 Å². The van der Waals surface area contributed by atoms with Crippen molar-refractivity contribution in [2.75, 3.05) is 26.2 Å². The molecule has 5 heterocycles. The number of aromatic nitrogens is 3. The van der Waals surface area contributed by atoms with Crippen LogP contribution in [-0.4, -0.2) is 62.9 Å². The maximum Gasteiger partial charge on any atom is 0.227 e. The number of carbonyl (C=O) groups is 1. The molecule has 166 valence electrons. The Morgan fingerprint density at radius 2 is 1.84 bits per heavy atom. The van der Waals surface area contributed by atoms with Crippen molar-refractivity contribution < 1.29 is 4.79 Å². The predicted octanol–water partition coefficient (Wildman–Crippen LogP) is 3.58. The smallest absolute Gasteiger partial charge is 0.227 e. The third-order valence-corrected chi connectivity index (χ3v) is 7.60. The van der Waals surface area contributed by atoms with Gasteiger partial charge in [0.1, 0.15) is 5.69 Å². The Morgan fingerprint density at radius 3 is 2.48 bits per heavy atom. The lowest BCUT2D eigenvalue weighted by Gasteiger charge is -2.49. The van der Waals surface area contributed by atoms with Crippen molar-refractivity contribution in [3.8, 4) is 11.3 Å². The minimum atomic E-state index is 0.152. The maximum atomic E-state index is 13.0. The van der Waals surface area contributed by atoms with Gasteiger partial charge in [0.15, 0.2) is 0 Å². The summed E-state index contributed by atoms with van der Waals surface area (Å²) in [6, 6.07) is 9.14. The molecule has 1 aromatic carbocycles. The molecule has 0 radical (unpaired) electrons. The highest BCUT2D eigenvalue weighted by Crippen LogP contribution is 2.38. The standard InChI is InChI=1S/C25H35N5O/c1-25(2,3)20-8-6-18(7-9-20)23-17-30(27-26-23)15-21-14-19-10-13-29(21)16-22(19)24(31)28-11-4-5-12-28/h6-9,17,19,21-22H,4-5,10-16H2,1-3H3/t19-,21-,22+/m1/s1. The Bertz CT molecular complexity index is 922. The Balaban J connectivity index is 1.23. The van der Waals surface area contributed by atoms with E-state index in [0.717, 1.165) is 56.8 Å². The van der Waals surface area contributed by atoms with E-state index in [9.17, 15) is 4.79 Å². The van der Waals surface area contributed by atoms with E-state index in [4.69, 9.17) is 0 Å². The average molecular weight is 422 g/mol. The first-order valence-corrected chi connectivity index (χ1v) is 11.9. The molecule has 6 heteroatoms. The lowest BCUT2D eigenvalue weighted by atomic mass is 9.75. The third-order valence-electron chi connectivity index (χ3n) is 7.60. The first kappa shape index (κ1) is 20.7. The molecule has 0 N–H and O–H groups in total. The summed E-state index contributed by atoms with van der Waals surface area (Å²) < 4.78 is 2.00. The van der Waals surface area contributed by atoms with E-state index in [1.165, 1.54) is 18.4 Å². The number of fused-ring (bicyclic) bond motifs is 3. The van der Waals surface area contributed by atoms with E-state index in [1.807, 2.05) is 4.68 Å². The highest BCUT2D eigenvalue weighted by Gasteiger charge is 2.44. The van der Waals surface area contributed by atoms with Gasteiger partial charge in [-0.25, -0.2) is 0 Å². The Hall–Kier alpha value is -2.21. The maximum absolute atomic E-state index is 13.0. The van der Waals surface area contributed by atoms with Gasteiger partial charge in [0.2, 0.25) is 5.91 Å². The van der Waals surface area contributed by atoms with Gasteiger partial charge < -0.3 is 4.90 Å². The number of hydrogen-bond acceptors (Lipinski definition) is 4. The van der Waals surface area contributed by atoms with Gasteiger partial charge in [-0.05, 0) is 49.1 Å². The second kappa shape index (κ2) is 8.05. The van der Waals surface area contributed by atoms with Crippen LogP contribution >= 0.6 is 0 Å². The summed E-state index contributed by atoms with van der Waals surface area (Å²) in [7, 11) is 0. The van der Waals surface area contributed by atoms with Crippen LogP contribution in [0.4, 0.5) is 0 Å². The quantitative estimate of drug-likeness (QED) is 0.757. The van der Waals surface area contributed by atoms with E-state index in [0.29, 0.717) is 17.9 Å². The van der Waals surface area contributed by atoms with Crippen molar-refractivity contribution >= 4 is 5.91 Å². The number of likely N-dealkylation sites (tertiary alicyclic amines) is 1. The van der Waals surface area contributed by atoms with Crippen LogP contribution < -0.4 is 0 Å². The zero-order chi connectivity index (χ0) is 21.6. The van der Waals surface area contributed by atoms with Gasteiger partial charge in [-0.2, -0.15) is 0 Å². The van der Waals surface area contributed by atoms with Crippen molar-refractivity contribution in [1.82, 2.24) is 24.8 Å². The molecular weight excluding hydrogens is 386 g/mol. The Morgan fingerprint density at radius 1 is 1.10 bits per heavy atom. The average Bonchev–Trinajstić information content (AvgIpc) is 3.46. The fraction of sp³-hybridized carbons (Fsp3) is 0.640. The van der Waals surface area contributed by atoms with Gasteiger partial charge in [-0.1, -0.05) is 50.3 Å². The predicted molar refractivity (Wildman–Crippen MR) is 122 cm³/mol. The number of nitrogens with zero attached hydrogens (tertiary/aromatic N) is 5. The van der Waals surface area contributed by atoms with Gasteiger partial charge >= 0.3 is 0 Å². The molecule has 0 aliphatic carbocycles. The third kappa shape index (κ3) is 4.14. The fourth-order valence-electron chi connectivity index (χ4n) is 5.66. The van der Waals surface area contributed by atoms with Crippen LogP contribution in [0, 0.1) is 11.8 Å². The molecule has 1 amide bonds. The summed E-state index contributed by atoms with van der Waals surface area (Å²) in [4.78, 5) is 17.6. The number of benzene rings is 1. The van der Waals surface area contributed by atoms with Crippen molar-refractivity contribution in [2.45, 2.75) is 64.5 Å². The number of hydrogen-bond donors (Lipinski definition) is 0. The van der Waals surface area contributed by atoms with Crippen molar-refractivity contribution in [1.29, 1.82) is 0 Å². The highest BCUT2D eigenvalue weighted by molar-refractivity contribution is 5.80. The van der Waals surface area contributed by atoms with E-state index < -0.39 is 0 Å². The first-order chi connectivity index (χ1) is 14.9. The summed E-state index contributed by atoms with van der Waals surface area (Å²) in [6.07, 6.45) is 6.66. The number of carbonyl (C=O) groups excluding carboxylic acids is 1. The molecule has 4 saturated heterocycles. The highest BCUT2D eigenvalue weighted by atomic mass is 16.2. The van der Waals surface area contributed by atoms with E-state index >= 15 is 0 Å².